The van der Waals surface area contributed by atoms with Gasteiger partial charge in [-0.05, 0) is 12.1 Å². The molecule has 0 amide bonds. The lowest BCUT2D eigenvalue weighted by molar-refractivity contribution is 0.0516. The molecule has 0 radical (unpaired) electrons. The maximum absolute atomic E-state index is 10.8. The first kappa shape index (κ1) is 10.2. The Labute approximate surface area is 98.7 Å². The van der Waals surface area contributed by atoms with Gasteiger partial charge in [0.2, 0.25) is 0 Å². The van der Waals surface area contributed by atoms with E-state index in [1.807, 2.05) is 43.4 Å². The molecule has 1 aliphatic carbocycles. The Morgan fingerprint density at radius 2 is 2.18 bits per heavy atom. The summed E-state index contributed by atoms with van der Waals surface area (Å²) < 4.78 is 0. The van der Waals surface area contributed by atoms with Crippen LogP contribution in [0, 0.1) is 5.92 Å². The van der Waals surface area contributed by atoms with Crippen molar-refractivity contribution in [3.05, 3.63) is 48.1 Å². The quantitative estimate of drug-likeness (QED) is 0.782. The van der Waals surface area contributed by atoms with E-state index in [0.29, 0.717) is 0 Å². The molecular weight excluding hydrogens is 214 g/mol. The van der Waals surface area contributed by atoms with Crippen molar-refractivity contribution in [2.45, 2.75) is 12.5 Å². The van der Waals surface area contributed by atoms with E-state index in [9.17, 15) is 5.11 Å². The Morgan fingerprint density at radius 3 is 3.00 bits per heavy atom. The van der Waals surface area contributed by atoms with Gasteiger partial charge in [0.15, 0.2) is 0 Å². The van der Waals surface area contributed by atoms with Gasteiger partial charge in [-0.15, -0.1) is 0 Å². The number of nitrogens with zero attached hydrogens (tertiary/aromatic N) is 2. The summed E-state index contributed by atoms with van der Waals surface area (Å²) in [4.78, 5) is 0. The molecule has 2 aromatic rings. The van der Waals surface area contributed by atoms with Crippen LogP contribution in [0.15, 0.2) is 42.5 Å². The first-order chi connectivity index (χ1) is 8.22. The van der Waals surface area contributed by atoms with Crippen LogP contribution in [0.4, 0.5) is 0 Å². The molecule has 86 valence electrons. The van der Waals surface area contributed by atoms with Crippen LogP contribution in [0.5, 0.6) is 0 Å². The molecule has 2 unspecified atom stereocenters. The normalized spacial score (nSPS) is 27.8. The molecule has 4 nitrogen and oxygen atoms in total. The zero-order chi connectivity index (χ0) is 11.9. The number of rotatable bonds is 1. The summed E-state index contributed by atoms with van der Waals surface area (Å²) in [6.45, 7) is 1.99. The van der Waals surface area contributed by atoms with Crippen molar-refractivity contribution in [2.75, 3.05) is 0 Å². The summed E-state index contributed by atoms with van der Waals surface area (Å²) in [7, 11) is 0. The van der Waals surface area contributed by atoms with Gasteiger partial charge >= 0.3 is 0 Å². The predicted octanol–water partition coefficient (Wildman–Crippen LogP) is 1.91. The number of hydrogen-bond acceptors (Lipinski definition) is 3. The lowest BCUT2D eigenvalue weighted by Crippen LogP contribution is -2.31. The number of aromatic nitrogens is 3. The highest BCUT2D eigenvalue weighted by molar-refractivity contribution is 5.78. The van der Waals surface area contributed by atoms with E-state index in [1.165, 1.54) is 0 Å². The number of fused-ring (bicyclic) bond motifs is 1. The molecule has 17 heavy (non-hydrogen) atoms. The maximum Gasteiger partial charge on any atom is 0.119 e. The van der Waals surface area contributed by atoms with Gasteiger partial charge in [-0.1, -0.05) is 37.3 Å². The fraction of sp³-hybridized carbons (Fsp3) is 0.231. The number of aliphatic hydroxyl groups is 1. The molecule has 0 fully saturated rings. The standard InChI is InChI=1S/C13H13N3O/c1-9-5-2-3-8-13(9,17)10-6-4-7-11-12(10)15-16-14-11/h2-9,17H,1H3,(H,14,15,16). The number of aromatic amines is 1. The van der Waals surface area contributed by atoms with Crippen molar-refractivity contribution in [1.29, 1.82) is 0 Å². The lowest BCUT2D eigenvalue weighted by atomic mass is 9.79. The molecule has 3 rings (SSSR count). The third kappa shape index (κ3) is 1.41. The summed E-state index contributed by atoms with van der Waals surface area (Å²) >= 11 is 0. The fourth-order valence-corrected chi connectivity index (χ4v) is 2.26. The molecule has 2 N–H and O–H groups in total. The molecule has 0 bridgehead atoms. The van der Waals surface area contributed by atoms with Crippen molar-refractivity contribution >= 4 is 11.0 Å². The van der Waals surface area contributed by atoms with E-state index in [1.54, 1.807) is 6.08 Å². The number of nitrogens with one attached hydrogen (secondary N) is 1. The van der Waals surface area contributed by atoms with Crippen LogP contribution in [0.1, 0.15) is 12.5 Å². The number of hydrogen-bond donors (Lipinski definition) is 2. The molecule has 2 atom stereocenters. The van der Waals surface area contributed by atoms with Crippen LogP contribution < -0.4 is 0 Å². The molecule has 4 heteroatoms. The second-order valence-corrected chi connectivity index (χ2v) is 4.35. The van der Waals surface area contributed by atoms with Crippen LogP contribution in [0.3, 0.4) is 0 Å². The Hall–Kier alpha value is -1.94. The summed E-state index contributed by atoms with van der Waals surface area (Å²) in [5.41, 5.74) is 1.27. The Kier molecular flexibility index (Phi) is 2.12. The van der Waals surface area contributed by atoms with Crippen LogP contribution in [0.25, 0.3) is 11.0 Å². The average Bonchev–Trinajstić information content (AvgIpc) is 2.81. The smallest absolute Gasteiger partial charge is 0.119 e. The molecule has 1 aromatic carbocycles. The van der Waals surface area contributed by atoms with E-state index >= 15 is 0 Å². The minimum absolute atomic E-state index is 0.00907. The number of para-hydroxylation sites is 1. The van der Waals surface area contributed by atoms with Crippen LogP contribution in [0.2, 0.25) is 0 Å². The zero-order valence-corrected chi connectivity index (χ0v) is 9.46. The van der Waals surface area contributed by atoms with Crippen LogP contribution in [-0.4, -0.2) is 20.5 Å². The third-order valence-electron chi connectivity index (χ3n) is 3.33. The summed E-state index contributed by atoms with van der Waals surface area (Å²) in [5, 5.41) is 21.6. The van der Waals surface area contributed by atoms with Gasteiger partial charge in [-0.2, -0.15) is 15.4 Å². The van der Waals surface area contributed by atoms with Gasteiger partial charge in [-0.25, -0.2) is 0 Å². The van der Waals surface area contributed by atoms with E-state index in [2.05, 4.69) is 15.4 Å². The van der Waals surface area contributed by atoms with Gasteiger partial charge in [0.05, 0.1) is 0 Å². The summed E-state index contributed by atoms with van der Waals surface area (Å²) in [6.07, 6.45) is 7.60. The van der Waals surface area contributed by atoms with E-state index < -0.39 is 5.60 Å². The predicted molar refractivity (Wildman–Crippen MR) is 65.2 cm³/mol. The number of allylic oxidation sites excluding steroid dienone is 2. The van der Waals surface area contributed by atoms with Crippen molar-refractivity contribution in [1.82, 2.24) is 15.4 Å². The van der Waals surface area contributed by atoms with E-state index in [-0.39, 0.29) is 5.92 Å². The third-order valence-corrected chi connectivity index (χ3v) is 3.33. The minimum atomic E-state index is -1.01. The molecule has 0 saturated heterocycles. The molecule has 0 spiro atoms. The van der Waals surface area contributed by atoms with Gasteiger partial charge in [0.25, 0.3) is 0 Å². The topological polar surface area (TPSA) is 61.8 Å². The first-order valence-corrected chi connectivity index (χ1v) is 5.60. The average molecular weight is 227 g/mol. The van der Waals surface area contributed by atoms with Gasteiger partial charge in [-0.3, -0.25) is 0 Å². The highest BCUT2D eigenvalue weighted by Gasteiger charge is 2.35. The van der Waals surface area contributed by atoms with Crippen LogP contribution in [-0.2, 0) is 5.60 Å². The Bertz CT molecular complexity index is 614. The SMILES string of the molecule is CC1C=CC=CC1(O)c1cccc2n[nH]nc12. The summed E-state index contributed by atoms with van der Waals surface area (Å²) in [5.74, 6) is 0.00907. The Balaban J connectivity index is 2.24. The second-order valence-electron chi connectivity index (χ2n) is 4.35. The molecule has 1 aliphatic rings. The monoisotopic (exact) mass is 227 g/mol. The summed E-state index contributed by atoms with van der Waals surface area (Å²) in [6, 6.07) is 5.65. The van der Waals surface area contributed by atoms with Crippen LogP contribution >= 0.6 is 0 Å². The lowest BCUT2D eigenvalue weighted by Gasteiger charge is -2.31. The van der Waals surface area contributed by atoms with Gasteiger partial charge in [0.1, 0.15) is 16.6 Å². The first-order valence-electron chi connectivity index (χ1n) is 5.60. The van der Waals surface area contributed by atoms with Crippen molar-refractivity contribution in [2.24, 2.45) is 5.92 Å². The largest absolute Gasteiger partial charge is 0.380 e. The minimum Gasteiger partial charge on any atom is -0.380 e. The van der Waals surface area contributed by atoms with E-state index in [0.717, 1.165) is 16.6 Å². The molecule has 1 heterocycles. The van der Waals surface area contributed by atoms with Gasteiger partial charge in [0, 0.05) is 11.5 Å². The molecular formula is C13H13N3O. The number of H-pyrrole nitrogens is 1. The highest BCUT2D eigenvalue weighted by atomic mass is 16.3. The molecule has 0 aliphatic heterocycles. The fourth-order valence-electron chi connectivity index (χ4n) is 2.26. The maximum atomic E-state index is 10.8. The van der Waals surface area contributed by atoms with Gasteiger partial charge < -0.3 is 5.11 Å². The Morgan fingerprint density at radius 1 is 1.29 bits per heavy atom. The van der Waals surface area contributed by atoms with E-state index in [4.69, 9.17) is 0 Å². The number of benzene rings is 1. The van der Waals surface area contributed by atoms with Crippen molar-refractivity contribution < 1.29 is 5.11 Å². The molecule has 1 aromatic heterocycles. The zero-order valence-electron chi connectivity index (χ0n) is 9.46. The second kappa shape index (κ2) is 3.53. The molecule has 0 saturated carbocycles. The highest BCUT2D eigenvalue weighted by Crippen LogP contribution is 2.37. The van der Waals surface area contributed by atoms with Crippen molar-refractivity contribution in [3.63, 3.8) is 0 Å². The van der Waals surface area contributed by atoms with Crippen molar-refractivity contribution in [3.8, 4) is 0 Å².